The molecule has 0 aromatic carbocycles. The molecule has 0 saturated heterocycles. The molecule has 0 fully saturated rings. The lowest BCUT2D eigenvalue weighted by Crippen LogP contribution is -2.51. The summed E-state index contributed by atoms with van der Waals surface area (Å²) in [4.78, 5) is 7.58. The van der Waals surface area contributed by atoms with Gasteiger partial charge >= 0.3 is 0 Å². The molecule has 0 radical (unpaired) electrons. The zero-order valence-corrected chi connectivity index (χ0v) is 11.8. The molecule has 1 aromatic rings. The maximum Gasteiger partial charge on any atom is 0.0925 e. The van der Waals surface area contributed by atoms with Crippen LogP contribution in [0, 0.1) is 0 Å². The summed E-state index contributed by atoms with van der Waals surface area (Å²) in [6.07, 6.45) is 6.41. The molecule has 1 aliphatic heterocycles. The van der Waals surface area contributed by atoms with Crippen LogP contribution in [0.25, 0.3) is 0 Å². The maximum absolute atomic E-state index is 4.39. The van der Waals surface area contributed by atoms with Crippen LogP contribution in [-0.2, 0) is 13.0 Å². The first-order valence-electron chi connectivity index (χ1n) is 7.22. The molecular weight excluding hydrogens is 224 g/mol. The summed E-state index contributed by atoms with van der Waals surface area (Å²) in [5.41, 5.74) is 2.79. The summed E-state index contributed by atoms with van der Waals surface area (Å²) in [6.45, 7) is 8.78. The van der Waals surface area contributed by atoms with Crippen molar-refractivity contribution in [3.8, 4) is 0 Å². The molecule has 4 heteroatoms. The number of nitrogens with one attached hydrogen (secondary N) is 3. The zero-order valence-electron chi connectivity index (χ0n) is 11.8. The van der Waals surface area contributed by atoms with Gasteiger partial charge in [0.15, 0.2) is 0 Å². The van der Waals surface area contributed by atoms with Crippen molar-refractivity contribution < 1.29 is 0 Å². The number of imidazole rings is 1. The van der Waals surface area contributed by atoms with Gasteiger partial charge in [0, 0.05) is 31.1 Å². The Morgan fingerprint density at radius 3 is 2.72 bits per heavy atom. The highest BCUT2D eigenvalue weighted by molar-refractivity contribution is 5.16. The van der Waals surface area contributed by atoms with Gasteiger partial charge in [-0.25, -0.2) is 4.98 Å². The Morgan fingerprint density at radius 1 is 1.33 bits per heavy atom. The van der Waals surface area contributed by atoms with Crippen molar-refractivity contribution in [1.29, 1.82) is 0 Å². The number of hydrogen-bond acceptors (Lipinski definition) is 3. The Labute approximate surface area is 110 Å². The second kappa shape index (κ2) is 5.85. The van der Waals surface area contributed by atoms with Gasteiger partial charge in [-0.2, -0.15) is 0 Å². The Morgan fingerprint density at radius 2 is 2.06 bits per heavy atom. The molecule has 0 spiro atoms. The number of rotatable bonds is 6. The monoisotopic (exact) mass is 250 g/mol. The first-order chi connectivity index (χ1) is 8.73. The van der Waals surface area contributed by atoms with E-state index >= 15 is 0 Å². The van der Waals surface area contributed by atoms with E-state index in [-0.39, 0.29) is 0 Å². The molecule has 1 unspecified atom stereocenters. The highest BCUT2D eigenvalue weighted by atomic mass is 15.1. The third-order valence-corrected chi connectivity index (χ3v) is 4.57. The van der Waals surface area contributed by atoms with Gasteiger partial charge in [0.2, 0.25) is 0 Å². The molecule has 1 aliphatic rings. The average Bonchev–Trinajstić information content (AvgIpc) is 2.88. The van der Waals surface area contributed by atoms with Crippen molar-refractivity contribution >= 4 is 0 Å². The molecule has 0 amide bonds. The Hall–Kier alpha value is -0.870. The third kappa shape index (κ3) is 2.75. The van der Waals surface area contributed by atoms with Gasteiger partial charge in [0.25, 0.3) is 0 Å². The normalized spacial score (nSPS) is 19.8. The fraction of sp³-hybridized carbons (Fsp3) is 0.786. The SMILES string of the molecule is CCC(CC)(CC)NCC1Cc2nc[nH]c2CN1. The van der Waals surface area contributed by atoms with Crippen molar-refractivity contribution in [2.75, 3.05) is 6.54 Å². The number of nitrogens with zero attached hydrogens (tertiary/aromatic N) is 1. The minimum absolute atomic E-state index is 0.313. The van der Waals surface area contributed by atoms with Crippen LogP contribution in [-0.4, -0.2) is 28.1 Å². The van der Waals surface area contributed by atoms with Gasteiger partial charge in [-0.1, -0.05) is 20.8 Å². The largest absolute Gasteiger partial charge is 0.347 e. The van der Waals surface area contributed by atoms with Gasteiger partial charge < -0.3 is 15.6 Å². The van der Waals surface area contributed by atoms with E-state index in [2.05, 4.69) is 41.4 Å². The first kappa shape index (κ1) is 13.6. The Bertz CT molecular complexity index is 359. The van der Waals surface area contributed by atoms with Crippen molar-refractivity contribution in [3.63, 3.8) is 0 Å². The summed E-state index contributed by atoms with van der Waals surface area (Å²) in [5.74, 6) is 0. The van der Waals surface area contributed by atoms with Crippen LogP contribution in [0.15, 0.2) is 6.33 Å². The predicted octanol–water partition coefficient (Wildman–Crippen LogP) is 1.98. The molecule has 2 rings (SSSR count). The molecule has 3 N–H and O–H groups in total. The van der Waals surface area contributed by atoms with Crippen LogP contribution < -0.4 is 10.6 Å². The second-order valence-electron chi connectivity index (χ2n) is 5.33. The van der Waals surface area contributed by atoms with Crippen molar-refractivity contribution in [3.05, 3.63) is 17.7 Å². The van der Waals surface area contributed by atoms with E-state index in [1.165, 1.54) is 30.7 Å². The maximum atomic E-state index is 4.39. The highest BCUT2D eigenvalue weighted by Gasteiger charge is 2.26. The molecular formula is C14H26N4. The summed E-state index contributed by atoms with van der Waals surface area (Å²) < 4.78 is 0. The van der Waals surface area contributed by atoms with Crippen LogP contribution in [0.4, 0.5) is 0 Å². The van der Waals surface area contributed by atoms with Gasteiger partial charge in [0.1, 0.15) is 0 Å². The van der Waals surface area contributed by atoms with Gasteiger partial charge in [-0.3, -0.25) is 0 Å². The molecule has 1 aromatic heterocycles. The van der Waals surface area contributed by atoms with E-state index in [0.29, 0.717) is 11.6 Å². The molecule has 4 nitrogen and oxygen atoms in total. The highest BCUT2D eigenvalue weighted by Crippen LogP contribution is 2.20. The number of aromatic amines is 1. The number of aromatic nitrogens is 2. The summed E-state index contributed by atoms with van der Waals surface area (Å²) in [7, 11) is 0. The Kier molecular flexibility index (Phi) is 4.40. The van der Waals surface area contributed by atoms with E-state index in [0.717, 1.165) is 19.5 Å². The number of fused-ring (bicyclic) bond motifs is 1. The molecule has 18 heavy (non-hydrogen) atoms. The topological polar surface area (TPSA) is 52.7 Å². The van der Waals surface area contributed by atoms with E-state index in [4.69, 9.17) is 0 Å². The summed E-state index contributed by atoms with van der Waals surface area (Å²) >= 11 is 0. The Balaban J connectivity index is 1.88. The smallest absolute Gasteiger partial charge is 0.0925 e. The lowest BCUT2D eigenvalue weighted by molar-refractivity contribution is 0.271. The predicted molar refractivity (Wildman–Crippen MR) is 74.5 cm³/mol. The third-order valence-electron chi connectivity index (χ3n) is 4.57. The lowest BCUT2D eigenvalue weighted by atomic mass is 9.89. The standard InChI is InChI=1S/C14H26N4/c1-4-14(5-2,6-3)18-8-11-7-12-13(9-15-11)17-10-16-12/h10-11,15,18H,4-9H2,1-3H3,(H,16,17). The van der Waals surface area contributed by atoms with Crippen molar-refractivity contribution in [2.45, 2.75) is 64.6 Å². The average molecular weight is 250 g/mol. The minimum Gasteiger partial charge on any atom is -0.347 e. The van der Waals surface area contributed by atoms with E-state index in [1.807, 2.05) is 0 Å². The molecule has 102 valence electrons. The molecule has 0 bridgehead atoms. The van der Waals surface area contributed by atoms with Gasteiger partial charge in [0.05, 0.1) is 17.7 Å². The zero-order chi connectivity index (χ0) is 13.0. The van der Waals surface area contributed by atoms with Crippen LogP contribution in [0.1, 0.15) is 51.4 Å². The fourth-order valence-corrected chi connectivity index (χ4v) is 2.84. The summed E-state index contributed by atoms with van der Waals surface area (Å²) in [6, 6.07) is 0.504. The van der Waals surface area contributed by atoms with E-state index in [1.54, 1.807) is 6.33 Å². The molecule has 0 saturated carbocycles. The van der Waals surface area contributed by atoms with Gasteiger partial charge in [-0.15, -0.1) is 0 Å². The van der Waals surface area contributed by atoms with Crippen LogP contribution >= 0.6 is 0 Å². The van der Waals surface area contributed by atoms with Crippen molar-refractivity contribution in [1.82, 2.24) is 20.6 Å². The second-order valence-corrected chi connectivity index (χ2v) is 5.33. The fourth-order valence-electron chi connectivity index (χ4n) is 2.84. The molecule has 0 aliphatic carbocycles. The van der Waals surface area contributed by atoms with E-state index in [9.17, 15) is 0 Å². The first-order valence-corrected chi connectivity index (χ1v) is 7.22. The number of H-pyrrole nitrogens is 1. The van der Waals surface area contributed by atoms with E-state index < -0.39 is 0 Å². The van der Waals surface area contributed by atoms with Gasteiger partial charge in [-0.05, 0) is 19.3 Å². The van der Waals surface area contributed by atoms with Crippen LogP contribution in [0.3, 0.4) is 0 Å². The molecule has 2 heterocycles. The minimum atomic E-state index is 0.313. The lowest BCUT2D eigenvalue weighted by Gasteiger charge is -2.35. The van der Waals surface area contributed by atoms with Crippen LogP contribution in [0.2, 0.25) is 0 Å². The summed E-state index contributed by atoms with van der Waals surface area (Å²) in [5, 5.41) is 7.35. The molecule has 1 atom stereocenters. The van der Waals surface area contributed by atoms with Crippen molar-refractivity contribution in [2.24, 2.45) is 0 Å². The quantitative estimate of drug-likeness (QED) is 0.723. The van der Waals surface area contributed by atoms with Crippen LogP contribution in [0.5, 0.6) is 0 Å². The number of hydrogen-bond donors (Lipinski definition) is 3.